The summed E-state index contributed by atoms with van der Waals surface area (Å²) in [6, 6.07) is 0. The predicted molar refractivity (Wildman–Crippen MR) is 39.9 cm³/mol. The summed E-state index contributed by atoms with van der Waals surface area (Å²) in [5, 5.41) is -0.239. The molecule has 0 radical (unpaired) electrons. The minimum absolute atomic E-state index is 0.0115. The number of hydrogen-bond acceptors (Lipinski definition) is 5. The Balaban J connectivity index is 3.15. The summed E-state index contributed by atoms with van der Waals surface area (Å²) in [5.41, 5.74) is 10.7. The van der Waals surface area contributed by atoms with E-state index in [1.54, 1.807) is 0 Å². The van der Waals surface area contributed by atoms with Gasteiger partial charge < -0.3 is 11.5 Å². The molecule has 1 atom stereocenters. The van der Waals surface area contributed by atoms with Crippen molar-refractivity contribution in [3.63, 3.8) is 0 Å². The van der Waals surface area contributed by atoms with Crippen molar-refractivity contribution < 1.29 is 8.76 Å². The maximum Gasteiger partial charge on any atom is 0.248 e. The summed E-state index contributed by atoms with van der Waals surface area (Å²) < 4.78 is 18.8. The number of aromatic nitrogens is 2. The third kappa shape index (κ3) is 1.63. The molecule has 1 aromatic heterocycles. The first-order chi connectivity index (χ1) is 5.11. The molecular formula is C4H6N4O2S. The molecule has 1 rings (SSSR count). The highest BCUT2D eigenvalue weighted by Gasteiger charge is 2.04. The molecule has 11 heavy (non-hydrogen) atoms. The molecule has 60 valence electrons. The Bertz CT molecular complexity index is 302. The average molecular weight is 174 g/mol. The minimum atomic E-state index is -2.21. The summed E-state index contributed by atoms with van der Waals surface area (Å²) in [5.74, 6) is 0.0115. The van der Waals surface area contributed by atoms with E-state index >= 15 is 0 Å². The second-order valence-electron chi connectivity index (χ2n) is 1.74. The maximum atomic E-state index is 10.4. The standard InChI is InChI=1S/C4H6N4O2S/c5-2-1-7-4(11(9)10)8-3(2)6/h1H,5H2,(H,9,10)(H2,6,7,8). The number of anilines is 2. The molecule has 0 saturated heterocycles. The van der Waals surface area contributed by atoms with Gasteiger partial charge in [0.05, 0.1) is 11.9 Å². The third-order valence-electron chi connectivity index (χ3n) is 0.982. The Kier molecular flexibility index (Phi) is 2.01. The highest BCUT2D eigenvalue weighted by molar-refractivity contribution is 7.79. The molecule has 0 aromatic carbocycles. The van der Waals surface area contributed by atoms with Gasteiger partial charge in [-0.05, 0) is 0 Å². The quantitative estimate of drug-likeness (QED) is 0.380. The van der Waals surface area contributed by atoms with E-state index in [9.17, 15) is 4.21 Å². The number of hydrogen-bond donors (Lipinski definition) is 3. The topological polar surface area (TPSA) is 115 Å². The molecule has 1 unspecified atom stereocenters. The van der Waals surface area contributed by atoms with Crippen LogP contribution in [0.15, 0.2) is 11.4 Å². The highest BCUT2D eigenvalue weighted by atomic mass is 32.2. The van der Waals surface area contributed by atoms with Crippen molar-refractivity contribution in [3.8, 4) is 0 Å². The van der Waals surface area contributed by atoms with Gasteiger partial charge in [0, 0.05) is 0 Å². The van der Waals surface area contributed by atoms with Crippen LogP contribution in [0.3, 0.4) is 0 Å². The summed E-state index contributed by atoms with van der Waals surface area (Å²) in [6.45, 7) is 0. The van der Waals surface area contributed by atoms with Gasteiger partial charge in [0.1, 0.15) is 0 Å². The summed E-state index contributed by atoms with van der Waals surface area (Å²) in [4.78, 5) is 6.94. The van der Waals surface area contributed by atoms with Gasteiger partial charge in [-0.25, -0.2) is 9.19 Å². The fraction of sp³-hybridized carbons (Fsp3) is 0. The fourth-order valence-electron chi connectivity index (χ4n) is 0.471. The Morgan fingerprint density at radius 3 is 2.64 bits per heavy atom. The fourth-order valence-corrected chi connectivity index (χ4v) is 0.791. The SMILES string of the molecule is Nc1cnc(S(=O)O)nc1N. The molecule has 7 heteroatoms. The van der Waals surface area contributed by atoms with E-state index in [1.165, 1.54) is 6.20 Å². The Morgan fingerprint density at radius 2 is 2.18 bits per heavy atom. The second-order valence-corrected chi connectivity index (χ2v) is 2.61. The molecule has 6 nitrogen and oxygen atoms in total. The molecule has 1 aromatic rings. The molecule has 0 amide bonds. The van der Waals surface area contributed by atoms with Crippen molar-refractivity contribution in [3.05, 3.63) is 6.20 Å². The van der Waals surface area contributed by atoms with Crippen molar-refractivity contribution >= 4 is 22.6 Å². The first-order valence-electron chi connectivity index (χ1n) is 2.60. The Labute approximate surface area is 64.9 Å². The van der Waals surface area contributed by atoms with E-state index in [4.69, 9.17) is 16.0 Å². The van der Waals surface area contributed by atoms with Crippen molar-refractivity contribution in [1.82, 2.24) is 9.97 Å². The van der Waals surface area contributed by atoms with E-state index in [0.717, 1.165) is 0 Å². The van der Waals surface area contributed by atoms with E-state index in [1.807, 2.05) is 0 Å². The zero-order valence-corrected chi connectivity index (χ0v) is 6.21. The van der Waals surface area contributed by atoms with Crippen molar-refractivity contribution in [1.29, 1.82) is 0 Å². The first kappa shape index (κ1) is 7.89. The van der Waals surface area contributed by atoms with Gasteiger partial charge in [-0.3, -0.25) is 4.55 Å². The van der Waals surface area contributed by atoms with E-state index in [2.05, 4.69) is 9.97 Å². The van der Waals surface area contributed by atoms with Crippen LogP contribution in [0.2, 0.25) is 0 Å². The van der Waals surface area contributed by atoms with Crippen LogP contribution < -0.4 is 11.5 Å². The Morgan fingerprint density at radius 1 is 1.55 bits per heavy atom. The lowest BCUT2D eigenvalue weighted by molar-refractivity contribution is 0.555. The summed E-state index contributed by atoms with van der Waals surface area (Å²) in [7, 11) is 0. The predicted octanol–water partition coefficient (Wildman–Crippen LogP) is -0.778. The largest absolute Gasteiger partial charge is 0.394 e. The molecule has 0 aliphatic rings. The van der Waals surface area contributed by atoms with Gasteiger partial charge in [0.15, 0.2) is 5.82 Å². The van der Waals surface area contributed by atoms with Crippen molar-refractivity contribution in [2.24, 2.45) is 0 Å². The number of rotatable bonds is 1. The number of nitrogens with two attached hydrogens (primary N) is 2. The molecular weight excluding hydrogens is 168 g/mol. The molecule has 0 aliphatic heterocycles. The third-order valence-corrected chi connectivity index (χ3v) is 1.49. The van der Waals surface area contributed by atoms with Gasteiger partial charge in [0.25, 0.3) is 0 Å². The number of nitrogen functional groups attached to an aromatic ring is 2. The van der Waals surface area contributed by atoms with Crippen LogP contribution in [0.5, 0.6) is 0 Å². The Hall–Kier alpha value is -1.21. The van der Waals surface area contributed by atoms with Crippen LogP contribution in [0, 0.1) is 0 Å². The molecule has 5 N–H and O–H groups in total. The lowest BCUT2D eigenvalue weighted by Crippen LogP contribution is -2.04. The van der Waals surface area contributed by atoms with Crippen LogP contribution >= 0.6 is 0 Å². The molecule has 0 aliphatic carbocycles. The molecule has 1 heterocycles. The van der Waals surface area contributed by atoms with Crippen LogP contribution in [-0.2, 0) is 11.1 Å². The summed E-state index contributed by atoms with van der Waals surface area (Å²) in [6.07, 6.45) is 1.19. The van der Waals surface area contributed by atoms with Gasteiger partial charge >= 0.3 is 0 Å². The van der Waals surface area contributed by atoms with E-state index in [-0.39, 0.29) is 16.7 Å². The lowest BCUT2D eigenvalue weighted by Gasteiger charge is -1.97. The van der Waals surface area contributed by atoms with Gasteiger partial charge in [-0.2, -0.15) is 4.98 Å². The van der Waals surface area contributed by atoms with Crippen molar-refractivity contribution in [2.75, 3.05) is 11.5 Å². The molecule has 0 saturated carbocycles. The maximum absolute atomic E-state index is 10.4. The normalized spacial score (nSPS) is 12.8. The zero-order valence-electron chi connectivity index (χ0n) is 5.39. The lowest BCUT2D eigenvalue weighted by atomic mass is 10.5. The van der Waals surface area contributed by atoms with Crippen LogP contribution in [-0.4, -0.2) is 18.7 Å². The monoisotopic (exact) mass is 174 g/mol. The summed E-state index contributed by atoms with van der Waals surface area (Å²) >= 11 is -2.21. The minimum Gasteiger partial charge on any atom is -0.394 e. The second kappa shape index (κ2) is 2.81. The van der Waals surface area contributed by atoms with Crippen LogP contribution in [0.1, 0.15) is 0 Å². The highest BCUT2D eigenvalue weighted by Crippen LogP contribution is 2.09. The molecule has 0 fully saturated rings. The number of nitrogens with zero attached hydrogens (tertiary/aromatic N) is 2. The zero-order chi connectivity index (χ0) is 8.43. The smallest absolute Gasteiger partial charge is 0.248 e. The van der Waals surface area contributed by atoms with Gasteiger partial charge in [-0.1, -0.05) is 0 Å². The van der Waals surface area contributed by atoms with Crippen LogP contribution in [0.25, 0.3) is 0 Å². The van der Waals surface area contributed by atoms with Crippen molar-refractivity contribution in [2.45, 2.75) is 5.16 Å². The van der Waals surface area contributed by atoms with Crippen LogP contribution in [0.4, 0.5) is 11.5 Å². The van der Waals surface area contributed by atoms with Gasteiger partial charge in [-0.15, -0.1) is 0 Å². The molecule has 0 spiro atoms. The van der Waals surface area contributed by atoms with E-state index < -0.39 is 11.1 Å². The first-order valence-corrected chi connectivity index (χ1v) is 3.71. The average Bonchev–Trinajstić information content (AvgIpc) is 1.94. The van der Waals surface area contributed by atoms with E-state index in [0.29, 0.717) is 0 Å². The van der Waals surface area contributed by atoms with Gasteiger partial charge in [0.2, 0.25) is 16.2 Å². The molecule has 0 bridgehead atoms.